The summed E-state index contributed by atoms with van der Waals surface area (Å²) in [6.45, 7) is 0.932. The molecule has 2 atom stereocenters. The Balaban J connectivity index is 2.21. The van der Waals surface area contributed by atoms with Gasteiger partial charge in [-0.25, -0.2) is 12.8 Å². The average Bonchev–Trinajstić information content (AvgIpc) is 3.05. The molecule has 2 unspecified atom stereocenters. The predicted octanol–water partition coefficient (Wildman–Crippen LogP) is 0.200. The Bertz CT molecular complexity index is 842. The van der Waals surface area contributed by atoms with Gasteiger partial charge in [-0.2, -0.15) is 4.31 Å². The number of carbonyl (C=O) groups excluding carboxylic acids is 3. The molecule has 1 aromatic carbocycles. The zero-order valence-corrected chi connectivity index (χ0v) is 16.2. The quantitative estimate of drug-likeness (QED) is 0.631. The molecule has 1 N–H and O–H groups in total. The van der Waals surface area contributed by atoms with Crippen molar-refractivity contribution < 1.29 is 36.7 Å². The summed E-state index contributed by atoms with van der Waals surface area (Å²) in [4.78, 5) is 34.7. The van der Waals surface area contributed by atoms with Crippen LogP contribution < -0.4 is 5.32 Å². The Morgan fingerprint density at radius 3 is 2.46 bits per heavy atom. The third-order valence-corrected chi connectivity index (χ3v) is 6.02. The molecule has 11 heteroatoms. The van der Waals surface area contributed by atoms with Crippen LogP contribution in [0.3, 0.4) is 0 Å². The minimum Gasteiger partial charge on any atom is -0.469 e. The largest absolute Gasteiger partial charge is 0.469 e. The Kier molecular flexibility index (Phi) is 7.08. The fourth-order valence-electron chi connectivity index (χ4n) is 2.84. The van der Waals surface area contributed by atoms with Gasteiger partial charge in [0.1, 0.15) is 18.0 Å². The first-order valence-electron chi connectivity index (χ1n) is 8.44. The Morgan fingerprint density at radius 1 is 1.25 bits per heavy atom. The van der Waals surface area contributed by atoms with Gasteiger partial charge < -0.3 is 14.8 Å². The van der Waals surface area contributed by atoms with Crippen molar-refractivity contribution in [1.29, 1.82) is 0 Å². The summed E-state index contributed by atoms with van der Waals surface area (Å²) < 4.78 is 49.5. The second-order valence-electron chi connectivity index (χ2n) is 6.13. The number of carbonyl (C=O) groups is 3. The number of rotatable bonds is 7. The maximum atomic E-state index is 13.1. The molecule has 1 saturated heterocycles. The van der Waals surface area contributed by atoms with E-state index in [0.29, 0.717) is 0 Å². The molecule has 1 aromatic rings. The van der Waals surface area contributed by atoms with Crippen LogP contribution in [0.25, 0.3) is 0 Å². The molecule has 0 aromatic heterocycles. The lowest BCUT2D eigenvalue weighted by Gasteiger charge is -2.23. The molecule has 154 valence electrons. The van der Waals surface area contributed by atoms with Crippen molar-refractivity contribution in [3.8, 4) is 0 Å². The van der Waals surface area contributed by atoms with Crippen molar-refractivity contribution in [2.45, 2.75) is 36.8 Å². The maximum absolute atomic E-state index is 13.1. The van der Waals surface area contributed by atoms with E-state index in [-0.39, 0.29) is 30.8 Å². The predicted molar refractivity (Wildman–Crippen MR) is 93.9 cm³/mol. The summed E-state index contributed by atoms with van der Waals surface area (Å²) in [6.07, 6.45) is -0.916. The van der Waals surface area contributed by atoms with Gasteiger partial charge in [0.25, 0.3) is 0 Å². The number of ether oxygens (including phenoxy) is 2. The minimum absolute atomic E-state index is 0.0370. The van der Waals surface area contributed by atoms with Gasteiger partial charge in [-0.3, -0.25) is 14.4 Å². The molecule has 0 spiro atoms. The number of benzene rings is 1. The standard InChI is InChI=1S/C17H21FN2O7S/c1-11(21)27-13-9-15(17(23)19-8-7-16(22)26-2)20(10-13)28(24,25)14-5-3-12(18)4-6-14/h3-6,13,15H,7-10H2,1-2H3,(H,19,23). The topological polar surface area (TPSA) is 119 Å². The van der Waals surface area contributed by atoms with E-state index in [2.05, 4.69) is 10.1 Å². The SMILES string of the molecule is COC(=O)CCNC(=O)C1CC(OC(C)=O)CN1S(=O)(=O)c1ccc(F)cc1. The lowest BCUT2D eigenvalue weighted by Crippen LogP contribution is -2.46. The monoisotopic (exact) mass is 416 g/mol. The highest BCUT2D eigenvalue weighted by Crippen LogP contribution is 2.28. The molecule has 0 aliphatic carbocycles. The van der Waals surface area contributed by atoms with E-state index >= 15 is 0 Å². The Labute approximate surface area is 161 Å². The van der Waals surface area contributed by atoms with Crippen molar-refractivity contribution in [3.05, 3.63) is 30.1 Å². The molecule has 1 aliphatic rings. The highest BCUT2D eigenvalue weighted by Gasteiger charge is 2.45. The number of hydrogen-bond donors (Lipinski definition) is 1. The van der Waals surface area contributed by atoms with Gasteiger partial charge in [0, 0.05) is 19.9 Å². The molecule has 1 heterocycles. The van der Waals surface area contributed by atoms with E-state index in [1.54, 1.807) is 0 Å². The zero-order chi connectivity index (χ0) is 20.9. The summed E-state index contributed by atoms with van der Waals surface area (Å²) in [7, 11) is -2.93. The second-order valence-corrected chi connectivity index (χ2v) is 8.02. The minimum atomic E-state index is -4.14. The summed E-state index contributed by atoms with van der Waals surface area (Å²) in [5.41, 5.74) is 0. The smallest absolute Gasteiger partial charge is 0.307 e. The van der Waals surface area contributed by atoms with Crippen LogP contribution in [0.5, 0.6) is 0 Å². The lowest BCUT2D eigenvalue weighted by atomic mass is 10.2. The highest BCUT2D eigenvalue weighted by atomic mass is 32.2. The van der Waals surface area contributed by atoms with Crippen molar-refractivity contribution >= 4 is 27.9 Å². The maximum Gasteiger partial charge on any atom is 0.307 e. The summed E-state index contributed by atoms with van der Waals surface area (Å²) >= 11 is 0. The van der Waals surface area contributed by atoms with Gasteiger partial charge in [-0.1, -0.05) is 0 Å². The number of methoxy groups -OCH3 is 1. The van der Waals surface area contributed by atoms with E-state index in [1.807, 2.05) is 0 Å². The summed E-state index contributed by atoms with van der Waals surface area (Å²) in [5, 5.41) is 2.48. The van der Waals surface area contributed by atoms with Gasteiger partial charge in [0.2, 0.25) is 15.9 Å². The molecule has 9 nitrogen and oxygen atoms in total. The lowest BCUT2D eigenvalue weighted by molar-refractivity contribution is -0.146. The fourth-order valence-corrected chi connectivity index (χ4v) is 4.47. The molecule has 1 aliphatic heterocycles. The molecule has 0 bridgehead atoms. The Morgan fingerprint density at radius 2 is 1.89 bits per heavy atom. The molecule has 2 rings (SSSR count). The van der Waals surface area contributed by atoms with Crippen molar-refractivity contribution in [2.24, 2.45) is 0 Å². The van der Waals surface area contributed by atoms with Gasteiger partial charge >= 0.3 is 11.9 Å². The van der Waals surface area contributed by atoms with Gasteiger partial charge in [0.05, 0.1) is 25.0 Å². The van der Waals surface area contributed by atoms with Crippen LogP contribution in [-0.4, -0.2) is 62.9 Å². The van der Waals surface area contributed by atoms with Crippen molar-refractivity contribution in [1.82, 2.24) is 9.62 Å². The van der Waals surface area contributed by atoms with Crippen molar-refractivity contribution in [2.75, 3.05) is 20.2 Å². The van der Waals surface area contributed by atoms with E-state index in [9.17, 15) is 27.2 Å². The molecule has 0 radical (unpaired) electrons. The summed E-state index contributed by atoms with van der Waals surface area (Å²) in [5.74, 6) is -2.37. The summed E-state index contributed by atoms with van der Waals surface area (Å²) in [6, 6.07) is 3.04. The van der Waals surface area contributed by atoms with Crippen LogP contribution in [0.4, 0.5) is 4.39 Å². The average molecular weight is 416 g/mol. The molecule has 0 saturated carbocycles. The van der Waals surface area contributed by atoms with Crippen LogP contribution in [-0.2, 0) is 33.9 Å². The first kappa shape index (κ1) is 21.8. The molecular formula is C17H21FN2O7S. The zero-order valence-electron chi connectivity index (χ0n) is 15.4. The van der Waals surface area contributed by atoms with E-state index < -0.39 is 45.8 Å². The fraction of sp³-hybridized carbons (Fsp3) is 0.471. The Hall–Kier alpha value is -2.53. The first-order valence-corrected chi connectivity index (χ1v) is 9.88. The number of sulfonamides is 1. The van der Waals surface area contributed by atoms with Crippen LogP contribution in [0, 0.1) is 5.82 Å². The van der Waals surface area contributed by atoms with Crippen LogP contribution in [0.1, 0.15) is 19.8 Å². The third kappa shape index (κ3) is 5.26. The third-order valence-electron chi connectivity index (χ3n) is 4.13. The van der Waals surface area contributed by atoms with E-state index in [4.69, 9.17) is 4.74 Å². The molecular weight excluding hydrogens is 395 g/mol. The molecule has 1 amide bonds. The number of halogens is 1. The van der Waals surface area contributed by atoms with E-state index in [0.717, 1.165) is 28.6 Å². The van der Waals surface area contributed by atoms with Crippen molar-refractivity contribution in [3.63, 3.8) is 0 Å². The first-order chi connectivity index (χ1) is 13.1. The normalized spacial score (nSPS) is 19.8. The van der Waals surface area contributed by atoms with Crippen LogP contribution >= 0.6 is 0 Å². The molecule has 28 heavy (non-hydrogen) atoms. The number of nitrogens with one attached hydrogen (secondary N) is 1. The van der Waals surface area contributed by atoms with Gasteiger partial charge in [-0.15, -0.1) is 0 Å². The van der Waals surface area contributed by atoms with Gasteiger partial charge in [-0.05, 0) is 24.3 Å². The van der Waals surface area contributed by atoms with Crippen LogP contribution in [0.15, 0.2) is 29.2 Å². The second kappa shape index (κ2) is 9.11. The number of amides is 1. The van der Waals surface area contributed by atoms with E-state index in [1.165, 1.54) is 14.0 Å². The van der Waals surface area contributed by atoms with Crippen LogP contribution in [0.2, 0.25) is 0 Å². The van der Waals surface area contributed by atoms with Gasteiger partial charge in [0.15, 0.2) is 0 Å². The number of nitrogens with zero attached hydrogens (tertiary/aromatic N) is 1. The number of esters is 2. The number of hydrogen-bond acceptors (Lipinski definition) is 7. The highest BCUT2D eigenvalue weighted by molar-refractivity contribution is 7.89. The molecule has 1 fully saturated rings.